The second-order valence-electron chi connectivity index (χ2n) is 5.80. The molecule has 3 rings (SSSR count). The highest BCUT2D eigenvalue weighted by Gasteiger charge is 2.29. The van der Waals surface area contributed by atoms with Crippen LogP contribution in [0.15, 0.2) is 28.0 Å². The zero-order chi connectivity index (χ0) is 17.9. The average Bonchev–Trinajstić information content (AvgIpc) is 3.29. The normalized spacial score (nSPS) is 16.0. The maximum Gasteiger partial charge on any atom is 0.287 e. The van der Waals surface area contributed by atoms with Crippen LogP contribution in [0.2, 0.25) is 0 Å². The van der Waals surface area contributed by atoms with Crippen LogP contribution in [-0.4, -0.2) is 46.5 Å². The molecule has 2 aromatic heterocycles. The van der Waals surface area contributed by atoms with E-state index in [2.05, 4.69) is 15.5 Å². The Labute approximate surface area is 146 Å². The summed E-state index contributed by atoms with van der Waals surface area (Å²) in [5.74, 6) is 0.0764. The Hall–Kier alpha value is -2.20. The van der Waals surface area contributed by atoms with E-state index in [-0.39, 0.29) is 17.4 Å². The predicted octanol–water partition coefficient (Wildman–Crippen LogP) is 0.996. The second-order valence-corrected chi connectivity index (χ2v) is 7.67. The third-order valence-electron chi connectivity index (χ3n) is 4.16. The highest BCUT2D eigenvalue weighted by atomic mass is 32.2. The fraction of sp³-hybridized carbons (Fsp3) is 0.533. The molecule has 9 nitrogen and oxygen atoms in total. The van der Waals surface area contributed by atoms with Crippen molar-refractivity contribution in [2.24, 2.45) is 0 Å². The Morgan fingerprint density at radius 2 is 2.04 bits per heavy atom. The van der Waals surface area contributed by atoms with Crippen molar-refractivity contribution in [3.63, 3.8) is 0 Å². The van der Waals surface area contributed by atoms with Gasteiger partial charge in [-0.15, -0.1) is 10.2 Å². The Morgan fingerprint density at radius 3 is 2.76 bits per heavy atom. The minimum atomic E-state index is -3.68. The summed E-state index contributed by atoms with van der Waals surface area (Å²) < 4.78 is 33.6. The molecule has 0 atom stereocenters. The molecule has 0 bridgehead atoms. The number of carbonyl (C=O) groups is 1. The number of furan rings is 1. The maximum atomic E-state index is 12.5. The molecule has 0 aromatic carbocycles. The molecule has 0 aliphatic carbocycles. The molecule has 10 heteroatoms. The summed E-state index contributed by atoms with van der Waals surface area (Å²) in [6, 6.07) is 2.70. The summed E-state index contributed by atoms with van der Waals surface area (Å²) in [6.07, 6.45) is 4.29. The van der Waals surface area contributed by atoms with E-state index in [1.54, 1.807) is 10.9 Å². The van der Waals surface area contributed by atoms with E-state index in [1.165, 1.54) is 16.4 Å². The molecule has 1 fully saturated rings. The van der Waals surface area contributed by atoms with Gasteiger partial charge < -0.3 is 14.3 Å². The molecule has 25 heavy (non-hydrogen) atoms. The number of piperidine rings is 1. The van der Waals surface area contributed by atoms with Crippen LogP contribution in [0, 0.1) is 0 Å². The molecule has 1 aliphatic rings. The number of carbonyl (C=O) groups excluding carboxylic acids is 1. The number of aryl methyl sites for hydroxylation is 1. The number of sulfonamides is 1. The van der Waals surface area contributed by atoms with Gasteiger partial charge in [0.1, 0.15) is 6.33 Å². The number of hydrogen-bond acceptors (Lipinski definition) is 6. The van der Waals surface area contributed by atoms with Crippen molar-refractivity contribution in [2.75, 3.05) is 13.1 Å². The summed E-state index contributed by atoms with van der Waals surface area (Å²) in [7, 11) is -3.68. The van der Waals surface area contributed by atoms with Crippen molar-refractivity contribution >= 4 is 15.9 Å². The van der Waals surface area contributed by atoms with E-state index in [9.17, 15) is 13.2 Å². The molecular formula is C15H21N5O4S. The highest BCUT2D eigenvalue weighted by molar-refractivity contribution is 7.89. The summed E-state index contributed by atoms with van der Waals surface area (Å²) >= 11 is 0. The third-order valence-corrected chi connectivity index (χ3v) is 5.93. The van der Waals surface area contributed by atoms with Gasteiger partial charge in [-0.2, -0.15) is 4.31 Å². The Balaban J connectivity index is 1.67. The van der Waals surface area contributed by atoms with Crippen LogP contribution >= 0.6 is 0 Å². The number of amides is 1. The SMILES string of the molecule is CCn1cnnc1CNC(=O)c1ccc(S(=O)(=O)N2CCCCC2)o1. The number of rotatable bonds is 6. The van der Waals surface area contributed by atoms with Gasteiger partial charge in [0.05, 0.1) is 6.54 Å². The van der Waals surface area contributed by atoms with Crippen LogP contribution in [0.4, 0.5) is 0 Å². The van der Waals surface area contributed by atoms with Crippen molar-refractivity contribution in [2.45, 2.75) is 44.4 Å². The van der Waals surface area contributed by atoms with Gasteiger partial charge >= 0.3 is 0 Å². The first kappa shape index (κ1) is 17.6. The minimum absolute atomic E-state index is 0.0434. The first-order valence-electron chi connectivity index (χ1n) is 8.27. The van der Waals surface area contributed by atoms with Crippen LogP contribution in [0.5, 0.6) is 0 Å². The van der Waals surface area contributed by atoms with Gasteiger partial charge in [0.2, 0.25) is 5.09 Å². The van der Waals surface area contributed by atoms with Crippen molar-refractivity contribution < 1.29 is 17.6 Å². The molecule has 0 radical (unpaired) electrons. The predicted molar refractivity (Wildman–Crippen MR) is 88.2 cm³/mol. The lowest BCUT2D eigenvalue weighted by molar-refractivity contribution is 0.0916. The maximum absolute atomic E-state index is 12.5. The standard InChI is InChI=1S/C15H21N5O4S/c1-2-19-11-17-18-13(19)10-16-15(21)12-6-7-14(24-12)25(22,23)20-8-4-3-5-9-20/h6-7,11H,2-5,8-10H2,1H3,(H,16,21). The molecule has 1 N–H and O–H groups in total. The van der Waals surface area contributed by atoms with Gasteiger partial charge in [-0.3, -0.25) is 4.79 Å². The number of hydrogen-bond donors (Lipinski definition) is 1. The van der Waals surface area contributed by atoms with Crippen LogP contribution in [-0.2, 0) is 23.1 Å². The lowest BCUT2D eigenvalue weighted by Crippen LogP contribution is -2.35. The van der Waals surface area contributed by atoms with Gasteiger partial charge in [-0.05, 0) is 31.9 Å². The van der Waals surface area contributed by atoms with Crippen molar-refractivity contribution in [1.29, 1.82) is 0 Å². The van der Waals surface area contributed by atoms with Gasteiger partial charge in [-0.25, -0.2) is 8.42 Å². The topological polar surface area (TPSA) is 110 Å². The van der Waals surface area contributed by atoms with E-state index in [4.69, 9.17) is 4.42 Å². The molecule has 1 aliphatic heterocycles. The molecule has 0 spiro atoms. The Bertz CT molecular complexity index is 836. The van der Waals surface area contributed by atoms with E-state index < -0.39 is 15.9 Å². The third kappa shape index (κ3) is 3.74. The molecule has 2 aromatic rings. The lowest BCUT2D eigenvalue weighted by Gasteiger charge is -2.24. The van der Waals surface area contributed by atoms with E-state index in [0.717, 1.165) is 19.3 Å². The Kier molecular flexibility index (Phi) is 5.19. The fourth-order valence-electron chi connectivity index (χ4n) is 2.74. The first-order valence-corrected chi connectivity index (χ1v) is 9.71. The second kappa shape index (κ2) is 7.36. The summed E-state index contributed by atoms with van der Waals surface area (Å²) in [5.41, 5.74) is 0. The Morgan fingerprint density at radius 1 is 1.28 bits per heavy atom. The lowest BCUT2D eigenvalue weighted by atomic mass is 10.2. The van der Waals surface area contributed by atoms with Crippen molar-refractivity contribution in [3.8, 4) is 0 Å². The van der Waals surface area contributed by atoms with Crippen molar-refractivity contribution in [1.82, 2.24) is 24.4 Å². The molecule has 1 amide bonds. The van der Waals surface area contributed by atoms with E-state index >= 15 is 0 Å². The molecule has 136 valence electrons. The first-order chi connectivity index (χ1) is 12.0. The summed E-state index contributed by atoms with van der Waals surface area (Å²) in [4.78, 5) is 12.2. The van der Waals surface area contributed by atoms with Crippen LogP contribution in [0.1, 0.15) is 42.6 Å². The minimum Gasteiger partial charge on any atom is -0.438 e. The van der Waals surface area contributed by atoms with Crippen LogP contribution in [0.25, 0.3) is 0 Å². The summed E-state index contributed by atoms with van der Waals surface area (Å²) in [6.45, 7) is 3.78. The van der Waals surface area contributed by atoms with Crippen LogP contribution in [0.3, 0.4) is 0 Å². The molecule has 0 unspecified atom stereocenters. The van der Waals surface area contributed by atoms with Gasteiger partial charge in [0, 0.05) is 19.6 Å². The van der Waals surface area contributed by atoms with E-state index in [1.807, 2.05) is 6.92 Å². The van der Waals surface area contributed by atoms with Crippen molar-refractivity contribution in [3.05, 3.63) is 30.0 Å². The number of aromatic nitrogens is 3. The largest absolute Gasteiger partial charge is 0.438 e. The zero-order valence-electron chi connectivity index (χ0n) is 14.0. The average molecular weight is 367 g/mol. The fourth-order valence-corrected chi connectivity index (χ4v) is 4.17. The highest BCUT2D eigenvalue weighted by Crippen LogP contribution is 2.22. The van der Waals surface area contributed by atoms with E-state index in [0.29, 0.717) is 25.5 Å². The van der Waals surface area contributed by atoms with Crippen LogP contribution < -0.4 is 5.32 Å². The molecule has 1 saturated heterocycles. The van der Waals surface area contributed by atoms with Gasteiger partial charge in [0.15, 0.2) is 11.6 Å². The smallest absolute Gasteiger partial charge is 0.287 e. The molecule has 0 saturated carbocycles. The molecule has 3 heterocycles. The van der Waals surface area contributed by atoms with Gasteiger partial charge in [0.25, 0.3) is 15.9 Å². The summed E-state index contributed by atoms with van der Waals surface area (Å²) in [5, 5.41) is 10.2. The van der Waals surface area contributed by atoms with Gasteiger partial charge in [-0.1, -0.05) is 6.42 Å². The number of nitrogens with one attached hydrogen (secondary N) is 1. The number of nitrogens with zero attached hydrogens (tertiary/aromatic N) is 4. The quantitative estimate of drug-likeness (QED) is 0.815. The molecular weight excluding hydrogens is 346 g/mol. The monoisotopic (exact) mass is 367 g/mol. The zero-order valence-corrected chi connectivity index (χ0v) is 14.8.